The van der Waals surface area contributed by atoms with E-state index in [-0.39, 0.29) is 0 Å². The van der Waals surface area contributed by atoms with Crippen LogP contribution in [0.15, 0.2) is 12.2 Å². The van der Waals surface area contributed by atoms with Crippen LogP contribution in [0.5, 0.6) is 0 Å². The minimum atomic E-state index is 0.559. The van der Waals surface area contributed by atoms with Gasteiger partial charge in [0.05, 0.1) is 0 Å². The summed E-state index contributed by atoms with van der Waals surface area (Å²) in [6.45, 7) is 0. The van der Waals surface area contributed by atoms with Crippen molar-refractivity contribution in [1.29, 1.82) is 0 Å². The van der Waals surface area contributed by atoms with Crippen molar-refractivity contribution in [3.8, 4) is 0 Å². The second kappa shape index (κ2) is 6.14. The van der Waals surface area contributed by atoms with Crippen molar-refractivity contribution in [3.63, 3.8) is 0 Å². The van der Waals surface area contributed by atoms with Gasteiger partial charge in [-0.1, -0.05) is 34.7 Å². The molecule has 2 heteroatoms. The van der Waals surface area contributed by atoms with Gasteiger partial charge in [-0.3, -0.25) is 0 Å². The molecule has 7 heavy (non-hydrogen) atoms. The summed E-state index contributed by atoms with van der Waals surface area (Å²) >= 11 is 2.22. The molecule has 0 aromatic heterocycles. The predicted molar refractivity (Wildman–Crippen MR) is 38.7 cm³/mol. The molecule has 0 saturated carbocycles. The summed E-state index contributed by atoms with van der Waals surface area (Å²) in [5.41, 5.74) is 0. The lowest BCUT2D eigenvalue weighted by atomic mass is 10.4. The van der Waals surface area contributed by atoms with Crippen molar-refractivity contribution in [1.82, 2.24) is 0 Å². The highest BCUT2D eigenvalue weighted by Gasteiger charge is 1.67. The van der Waals surface area contributed by atoms with E-state index < -0.39 is 0 Å². The van der Waals surface area contributed by atoms with Crippen LogP contribution in [0.2, 0.25) is 0 Å². The van der Waals surface area contributed by atoms with Crippen LogP contribution in [0.1, 0.15) is 6.42 Å². The molecule has 0 unspecified atom stereocenters. The SMILES string of the molecule is O=CC/C=C/CI. The highest BCUT2D eigenvalue weighted by molar-refractivity contribution is 14.1. The van der Waals surface area contributed by atoms with Crippen molar-refractivity contribution < 1.29 is 4.79 Å². The lowest BCUT2D eigenvalue weighted by Crippen LogP contribution is -1.65. The summed E-state index contributed by atoms with van der Waals surface area (Å²) in [5, 5.41) is 0. The molecule has 0 amide bonds. The van der Waals surface area contributed by atoms with Crippen LogP contribution in [0.3, 0.4) is 0 Å². The molecule has 0 radical (unpaired) electrons. The van der Waals surface area contributed by atoms with Crippen LogP contribution in [0, 0.1) is 0 Å². The Kier molecular flexibility index (Phi) is 6.26. The topological polar surface area (TPSA) is 17.1 Å². The van der Waals surface area contributed by atoms with Gasteiger partial charge in [0, 0.05) is 10.8 Å². The molecule has 0 rings (SSSR count). The molecule has 0 fully saturated rings. The molecular weight excluding hydrogens is 203 g/mol. The van der Waals surface area contributed by atoms with Gasteiger partial charge in [-0.25, -0.2) is 0 Å². The normalized spacial score (nSPS) is 9.86. The molecular formula is C5H7IO. The van der Waals surface area contributed by atoms with Crippen LogP contribution in [0.25, 0.3) is 0 Å². The minimum Gasteiger partial charge on any atom is -0.303 e. The van der Waals surface area contributed by atoms with Crippen molar-refractivity contribution in [2.45, 2.75) is 6.42 Å². The first-order valence-electron chi connectivity index (χ1n) is 2.06. The molecule has 0 N–H and O–H groups in total. The number of hydrogen-bond donors (Lipinski definition) is 0. The molecule has 0 saturated heterocycles. The van der Waals surface area contributed by atoms with Gasteiger partial charge >= 0.3 is 0 Å². The molecule has 0 bridgehead atoms. The van der Waals surface area contributed by atoms with Crippen LogP contribution < -0.4 is 0 Å². The van der Waals surface area contributed by atoms with Crippen molar-refractivity contribution in [2.24, 2.45) is 0 Å². The van der Waals surface area contributed by atoms with E-state index in [0.29, 0.717) is 6.42 Å². The lowest BCUT2D eigenvalue weighted by molar-refractivity contribution is -0.107. The maximum atomic E-state index is 9.63. The van der Waals surface area contributed by atoms with E-state index in [0.717, 1.165) is 10.7 Å². The van der Waals surface area contributed by atoms with E-state index in [1.807, 2.05) is 12.2 Å². The number of halogens is 1. The van der Waals surface area contributed by atoms with E-state index in [1.165, 1.54) is 0 Å². The molecule has 40 valence electrons. The molecule has 1 nitrogen and oxygen atoms in total. The summed E-state index contributed by atoms with van der Waals surface area (Å²) < 4.78 is 0.992. The van der Waals surface area contributed by atoms with Gasteiger partial charge in [0.2, 0.25) is 0 Å². The maximum Gasteiger partial charge on any atom is 0.123 e. The van der Waals surface area contributed by atoms with E-state index >= 15 is 0 Å². The fourth-order valence-electron chi connectivity index (χ4n) is 0.215. The fourth-order valence-corrected chi connectivity index (χ4v) is 0.574. The number of carbonyl (C=O) groups excluding carboxylic acids is 1. The Hall–Kier alpha value is 0.140. The van der Waals surface area contributed by atoms with Crippen molar-refractivity contribution in [2.75, 3.05) is 4.43 Å². The largest absolute Gasteiger partial charge is 0.303 e. The van der Waals surface area contributed by atoms with Crippen LogP contribution >= 0.6 is 22.6 Å². The Morgan fingerprint density at radius 2 is 2.14 bits per heavy atom. The summed E-state index contributed by atoms with van der Waals surface area (Å²) in [6.07, 6.45) is 5.28. The molecule has 0 aromatic carbocycles. The zero-order chi connectivity index (χ0) is 5.54. The van der Waals surface area contributed by atoms with Gasteiger partial charge in [-0.05, 0) is 0 Å². The van der Waals surface area contributed by atoms with Crippen LogP contribution in [0.4, 0.5) is 0 Å². The smallest absolute Gasteiger partial charge is 0.123 e. The quantitative estimate of drug-likeness (QED) is 0.299. The number of aldehydes is 1. The first kappa shape index (κ1) is 7.14. The van der Waals surface area contributed by atoms with Gasteiger partial charge in [0.1, 0.15) is 6.29 Å². The second-order valence-electron chi connectivity index (χ2n) is 1.03. The predicted octanol–water partition coefficient (Wildman–Crippen LogP) is 1.57. The zero-order valence-corrected chi connectivity index (χ0v) is 6.09. The number of alkyl halides is 1. The van der Waals surface area contributed by atoms with E-state index in [1.54, 1.807) is 0 Å². The average Bonchev–Trinajstić information content (AvgIpc) is 1.69. The zero-order valence-electron chi connectivity index (χ0n) is 3.93. The minimum absolute atomic E-state index is 0.559. The first-order valence-corrected chi connectivity index (χ1v) is 3.59. The summed E-state index contributed by atoms with van der Waals surface area (Å²) in [4.78, 5) is 9.63. The molecule has 0 aliphatic rings. The van der Waals surface area contributed by atoms with Gasteiger partial charge in [-0.2, -0.15) is 0 Å². The Morgan fingerprint density at radius 1 is 1.43 bits per heavy atom. The Labute approximate surface area is 56.9 Å². The van der Waals surface area contributed by atoms with Crippen molar-refractivity contribution in [3.05, 3.63) is 12.2 Å². The molecule has 0 atom stereocenters. The number of carbonyl (C=O) groups is 1. The highest BCUT2D eigenvalue weighted by atomic mass is 127. The van der Waals surface area contributed by atoms with E-state index in [4.69, 9.17) is 0 Å². The molecule has 0 aliphatic heterocycles. The molecule has 0 spiro atoms. The van der Waals surface area contributed by atoms with Gasteiger partial charge < -0.3 is 4.79 Å². The monoisotopic (exact) mass is 210 g/mol. The summed E-state index contributed by atoms with van der Waals surface area (Å²) in [6, 6.07) is 0. The third-order valence-electron chi connectivity index (χ3n) is 0.488. The molecule has 0 heterocycles. The van der Waals surface area contributed by atoms with Gasteiger partial charge in [-0.15, -0.1) is 0 Å². The number of hydrogen-bond acceptors (Lipinski definition) is 1. The Bertz CT molecular complexity index is 68.5. The maximum absolute atomic E-state index is 9.63. The molecule has 0 aromatic rings. The lowest BCUT2D eigenvalue weighted by Gasteiger charge is -1.71. The first-order chi connectivity index (χ1) is 3.41. The van der Waals surface area contributed by atoms with Crippen LogP contribution in [-0.4, -0.2) is 10.7 Å². The highest BCUT2D eigenvalue weighted by Crippen LogP contribution is 1.83. The standard InChI is InChI=1S/C5H7IO/c6-4-2-1-3-5-7/h1-2,5H,3-4H2/b2-1+. The Morgan fingerprint density at radius 3 is 2.57 bits per heavy atom. The third-order valence-corrected chi connectivity index (χ3v) is 0.997. The summed E-state index contributed by atoms with van der Waals surface area (Å²) in [5.74, 6) is 0. The van der Waals surface area contributed by atoms with Crippen molar-refractivity contribution >= 4 is 28.9 Å². The second-order valence-corrected chi connectivity index (χ2v) is 1.91. The Balaban J connectivity index is 2.92. The third kappa shape index (κ3) is 6.14. The van der Waals surface area contributed by atoms with E-state index in [2.05, 4.69) is 22.6 Å². The molecule has 0 aliphatic carbocycles. The van der Waals surface area contributed by atoms with E-state index in [9.17, 15) is 4.79 Å². The number of rotatable bonds is 3. The number of allylic oxidation sites excluding steroid dienone is 2. The average molecular weight is 210 g/mol. The van der Waals surface area contributed by atoms with Gasteiger partial charge in [0.25, 0.3) is 0 Å². The van der Waals surface area contributed by atoms with Gasteiger partial charge in [0.15, 0.2) is 0 Å². The summed E-state index contributed by atoms with van der Waals surface area (Å²) in [7, 11) is 0. The fraction of sp³-hybridized carbons (Fsp3) is 0.400. The van der Waals surface area contributed by atoms with Crippen LogP contribution in [-0.2, 0) is 4.79 Å².